The van der Waals surface area contributed by atoms with Gasteiger partial charge >= 0.3 is 6.03 Å². The molecule has 0 radical (unpaired) electrons. The van der Waals surface area contributed by atoms with Crippen LogP contribution < -0.4 is 10.1 Å². The second-order valence-corrected chi connectivity index (χ2v) is 8.38. The van der Waals surface area contributed by atoms with Gasteiger partial charge in [-0.15, -0.1) is 0 Å². The van der Waals surface area contributed by atoms with Crippen molar-refractivity contribution >= 4 is 23.5 Å². The average Bonchev–Trinajstić information content (AvgIpc) is 3.22. The normalized spacial score (nSPS) is 18.3. The lowest BCUT2D eigenvalue weighted by Gasteiger charge is -2.17. The molecule has 1 atom stereocenters. The molecule has 1 fully saturated rings. The van der Waals surface area contributed by atoms with Crippen LogP contribution in [-0.4, -0.2) is 48.5 Å². The molecular weight excluding hydrogens is 402 g/mol. The zero-order valence-corrected chi connectivity index (χ0v) is 18.0. The van der Waals surface area contributed by atoms with E-state index in [0.717, 1.165) is 35.7 Å². The van der Waals surface area contributed by atoms with Crippen molar-refractivity contribution in [3.63, 3.8) is 0 Å². The Morgan fingerprint density at radius 2 is 2.03 bits per heavy atom. The first-order valence-corrected chi connectivity index (χ1v) is 10.6. The number of urea groups is 1. The molecule has 2 aromatic carbocycles. The molecule has 2 aliphatic rings. The maximum Gasteiger partial charge on any atom is 0.327 e. The van der Waals surface area contributed by atoms with Crippen LogP contribution in [0.3, 0.4) is 0 Å². The highest BCUT2D eigenvalue weighted by Gasteiger charge is 2.33. The van der Waals surface area contributed by atoms with E-state index in [1.807, 2.05) is 25.1 Å². The maximum atomic E-state index is 11.9. The van der Waals surface area contributed by atoms with Gasteiger partial charge in [-0.2, -0.15) is 0 Å². The lowest BCUT2D eigenvalue weighted by Crippen LogP contribution is -2.35. The Morgan fingerprint density at radius 1 is 1.20 bits per heavy atom. The summed E-state index contributed by atoms with van der Waals surface area (Å²) in [7, 11) is 1.62. The van der Waals surface area contributed by atoms with Crippen molar-refractivity contribution in [3.8, 4) is 5.75 Å². The fourth-order valence-electron chi connectivity index (χ4n) is 4.16. The van der Waals surface area contributed by atoms with E-state index in [2.05, 4.69) is 23.5 Å². The standard InChI is InChI=1S/C23H26ClN3O3/c1-15-11-16(13-25-20-7-4-17-12-18(24)5-6-19(17)20)3-8-21(15)30-10-9-27-22(28)14-26(2)23(27)29/h3,5-6,8,11-12,20,25H,4,7,9-10,13-14H2,1-2H3. The molecule has 7 heteroatoms. The number of carbonyl (C=O) groups excluding carboxylic acids is 2. The number of nitrogens with one attached hydrogen (secondary N) is 1. The number of benzene rings is 2. The van der Waals surface area contributed by atoms with Crippen molar-refractivity contribution in [3.05, 3.63) is 63.7 Å². The van der Waals surface area contributed by atoms with E-state index in [-0.39, 0.29) is 31.6 Å². The number of carbonyl (C=O) groups is 2. The van der Waals surface area contributed by atoms with Gasteiger partial charge in [-0.3, -0.25) is 9.69 Å². The summed E-state index contributed by atoms with van der Waals surface area (Å²) in [6.45, 7) is 3.46. The molecule has 1 unspecified atom stereocenters. The minimum Gasteiger partial charge on any atom is -0.491 e. The molecule has 30 heavy (non-hydrogen) atoms. The van der Waals surface area contributed by atoms with Gasteiger partial charge in [0, 0.05) is 24.7 Å². The molecule has 1 N–H and O–H groups in total. The van der Waals surface area contributed by atoms with E-state index in [1.54, 1.807) is 7.05 Å². The van der Waals surface area contributed by atoms with Gasteiger partial charge in [-0.05, 0) is 60.2 Å². The van der Waals surface area contributed by atoms with Crippen LogP contribution in [0.4, 0.5) is 4.79 Å². The molecule has 6 nitrogen and oxygen atoms in total. The number of fused-ring (bicyclic) bond motifs is 1. The first-order chi connectivity index (χ1) is 14.4. The second-order valence-electron chi connectivity index (χ2n) is 7.95. The van der Waals surface area contributed by atoms with Gasteiger partial charge in [-0.25, -0.2) is 4.79 Å². The quantitative estimate of drug-likeness (QED) is 0.684. The highest BCUT2D eigenvalue weighted by molar-refractivity contribution is 6.30. The lowest BCUT2D eigenvalue weighted by molar-refractivity contribution is -0.125. The maximum absolute atomic E-state index is 11.9. The molecule has 2 aromatic rings. The van der Waals surface area contributed by atoms with Gasteiger partial charge in [0.2, 0.25) is 5.91 Å². The number of ether oxygens (including phenoxy) is 1. The predicted molar refractivity (Wildman–Crippen MR) is 116 cm³/mol. The summed E-state index contributed by atoms with van der Waals surface area (Å²) < 4.78 is 5.82. The molecule has 1 saturated heterocycles. The third-order valence-electron chi connectivity index (χ3n) is 5.78. The number of likely N-dealkylation sites (N-methyl/N-ethyl adjacent to an activating group) is 1. The Kier molecular flexibility index (Phi) is 5.97. The third-order valence-corrected chi connectivity index (χ3v) is 6.01. The average molecular weight is 428 g/mol. The lowest BCUT2D eigenvalue weighted by atomic mass is 10.1. The van der Waals surface area contributed by atoms with Gasteiger partial charge in [0.25, 0.3) is 0 Å². The zero-order chi connectivity index (χ0) is 21.3. The Balaban J connectivity index is 1.30. The summed E-state index contributed by atoms with van der Waals surface area (Å²) in [5, 5.41) is 4.44. The Bertz CT molecular complexity index is 978. The number of imide groups is 1. The van der Waals surface area contributed by atoms with Crippen LogP contribution in [0.2, 0.25) is 5.02 Å². The van der Waals surface area contributed by atoms with Crippen molar-refractivity contribution in [2.24, 2.45) is 0 Å². The van der Waals surface area contributed by atoms with E-state index < -0.39 is 0 Å². The Morgan fingerprint density at radius 3 is 2.77 bits per heavy atom. The highest BCUT2D eigenvalue weighted by Crippen LogP contribution is 2.33. The summed E-state index contributed by atoms with van der Waals surface area (Å²) in [4.78, 5) is 26.4. The number of aryl methyl sites for hydroxylation is 2. The number of halogens is 1. The monoisotopic (exact) mass is 427 g/mol. The van der Waals surface area contributed by atoms with Crippen LogP contribution in [0.1, 0.15) is 34.7 Å². The van der Waals surface area contributed by atoms with E-state index in [9.17, 15) is 9.59 Å². The number of hydrogen-bond donors (Lipinski definition) is 1. The Hall–Kier alpha value is -2.57. The fourth-order valence-corrected chi connectivity index (χ4v) is 4.35. The van der Waals surface area contributed by atoms with Crippen molar-refractivity contribution in [2.75, 3.05) is 26.7 Å². The largest absolute Gasteiger partial charge is 0.491 e. The molecular formula is C23H26ClN3O3. The summed E-state index contributed by atoms with van der Waals surface area (Å²) in [6, 6.07) is 12.3. The summed E-state index contributed by atoms with van der Waals surface area (Å²) in [5.41, 5.74) is 4.90. The Labute approximate surface area is 181 Å². The number of rotatable bonds is 7. The van der Waals surface area contributed by atoms with Crippen molar-refractivity contribution in [2.45, 2.75) is 32.4 Å². The summed E-state index contributed by atoms with van der Waals surface area (Å²) in [6.07, 6.45) is 2.14. The number of nitrogens with zero attached hydrogens (tertiary/aromatic N) is 2. The molecule has 3 amide bonds. The SMILES string of the molecule is Cc1cc(CNC2CCc3cc(Cl)ccc32)ccc1OCCN1C(=O)CN(C)C1=O. The first kappa shape index (κ1) is 20.7. The number of amides is 3. The van der Waals surface area contributed by atoms with Crippen LogP contribution in [0.25, 0.3) is 0 Å². The molecule has 4 rings (SSSR count). The van der Waals surface area contributed by atoms with Crippen LogP contribution in [-0.2, 0) is 17.8 Å². The summed E-state index contributed by atoms with van der Waals surface area (Å²) in [5.74, 6) is 0.590. The molecule has 0 bridgehead atoms. The fraction of sp³-hybridized carbons (Fsp3) is 0.391. The molecule has 0 saturated carbocycles. The van der Waals surface area contributed by atoms with E-state index in [4.69, 9.17) is 16.3 Å². The molecule has 1 heterocycles. The van der Waals surface area contributed by atoms with Crippen LogP contribution in [0.5, 0.6) is 5.75 Å². The van der Waals surface area contributed by atoms with Gasteiger partial charge in [0.15, 0.2) is 0 Å². The van der Waals surface area contributed by atoms with Crippen molar-refractivity contribution in [1.82, 2.24) is 15.1 Å². The highest BCUT2D eigenvalue weighted by atomic mass is 35.5. The van der Waals surface area contributed by atoms with E-state index >= 15 is 0 Å². The minimum atomic E-state index is -0.266. The summed E-state index contributed by atoms with van der Waals surface area (Å²) >= 11 is 6.10. The smallest absolute Gasteiger partial charge is 0.327 e. The zero-order valence-electron chi connectivity index (χ0n) is 17.3. The van der Waals surface area contributed by atoms with Gasteiger partial charge < -0.3 is 15.0 Å². The first-order valence-electron chi connectivity index (χ1n) is 10.2. The van der Waals surface area contributed by atoms with Crippen LogP contribution in [0, 0.1) is 6.92 Å². The van der Waals surface area contributed by atoms with E-state index in [0.29, 0.717) is 6.04 Å². The van der Waals surface area contributed by atoms with Crippen LogP contribution >= 0.6 is 11.6 Å². The van der Waals surface area contributed by atoms with Crippen molar-refractivity contribution < 1.29 is 14.3 Å². The van der Waals surface area contributed by atoms with Gasteiger partial charge in [0.1, 0.15) is 18.9 Å². The van der Waals surface area contributed by atoms with Crippen molar-refractivity contribution in [1.29, 1.82) is 0 Å². The minimum absolute atomic E-state index is 0.137. The third kappa shape index (κ3) is 4.30. The van der Waals surface area contributed by atoms with E-state index in [1.165, 1.54) is 26.5 Å². The molecule has 1 aliphatic heterocycles. The predicted octanol–water partition coefficient (Wildman–Crippen LogP) is 3.70. The van der Waals surface area contributed by atoms with Gasteiger partial charge in [0.05, 0.1) is 6.54 Å². The molecule has 0 spiro atoms. The van der Waals surface area contributed by atoms with Gasteiger partial charge in [-0.1, -0.05) is 29.8 Å². The topological polar surface area (TPSA) is 61.9 Å². The molecule has 1 aliphatic carbocycles. The van der Waals surface area contributed by atoms with Crippen LogP contribution in [0.15, 0.2) is 36.4 Å². The molecule has 158 valence electrons. The molecule has 0 aromatic heterocycles. The second kappa shape index (κ2) is 8.66. The number of hydrogen-bond acceptors (Lipinski definition) is 4.